The zero-order valence-electron chi connectivity index (χ0n) is 54.2. The Labute approximate surface area is 561 Å². The van der Waals surface area contributed by atoms with Crippen molar-refractivity contribution in [3.05, 3.63) is 60.7 Å². The van der Waals surface area contributed by atoms with Crippen LogP contribution in [0.4, 0.5) is 0 Å². The predicted octanol–water partition coefficient (Wildman–Crippen LogP) is 11.8. The summed E-state index contributed by atoms with van der Waals surface area (Å²) < 4.78 is 34.4. The average molecular weight is 1430 g/mol. The molecule has 1 radical (unpaired) electrons. The standard InChI is InChI=1S/C67H113N4O16P.Tm/c1-3-5-7-9-11-13-15-17-19-21-23-25-27-29-31-39-64(78)84-53-58(87-65(79)40-32-30-28-26-24-22-20-18-16-14-12-10-8-6-4-2)54-86-88(82,83)85-45-35-38-60-59(66(80)67(60)81)37-34-33-36-55-46-56-48-70(51-62(74)75)43-41-69(50-61(72)73)42-44-71(52-63(76)77)49-57(47-55)68-56;/h46-47,58H,3-45,48-54H2,1-2H3,(H,72,73)(H,74,75)(H,76,77)(H,82,83);/p-1/t58-;/m1./s1. The Hall–Kier alpha value is -3.20. The van der Waals surface area contributed by atoms with E-state index in [4.69, 9.17) is 23.5 Å². The number of carboxylic acids is 3. The predicted molar refractivity (Wildman–Crippen MR) is 340 cm³/mol. The van der Waals surface area contributed by atoms with Crippen molar-refractivity contribution in [3.8, 4) is 0 Å². The van der Waals surface area contributed by atoms with E-state index in [9.17, 15) is 58.3 Å². The minimum Gasteiger partial charge on any atom is -0.756 e. The molecule has 2 atom stereocenters. The van der Waals surface area contributed by atoms with E-state index in [-0.39, 0.29) is 135 Å². The summed E-state index contributed by atoms with van der Waals surface area (Å²) in [5.74, 6) is -4.16. The second kappa shape index (κ2) is 51.2. The average Bonchev–Trinajstić information content (AvgIpc) is 1.17. The molecule has 1 aliphatic heterocycles. The van der Waals surface area contributed by atoms with Crippen LogP contribution in [0.5, 0.6) is 0 Å². The number of nitrogens with zero attached hydrogens (tertiary/aromatic N) is 4. The van der Waals surface area contributed by atoms with Gasteiger partial charge in [0, 0.05) is 100 Å². The van der Waals surface area contributed by atoms with Crippen molar-refractivity contribution < 1.29 is 104 Å². The van der Waals surface area contributed by atoms with Crippen LogP contribution in [0.2, 0.25) is 0 Å². The van der Waals surface area contributed by atoms with Crippen LogP contribution >= 0.6 is 7.82 Å². The van der Waals surface area contributed by atoms with Gasteiger partial charge in [0.1, 0.15) is 6.61 Å². The maximum absolute atomic E-state index is 13.0. The van der Waals surface area contributed by atoms with Crippen LogP contribution in [0.3, 0.4) is 0 Å². The second-order valence-corrected chi connectivity index (χ2v) is 25.9. The third-order valence-corrected chi connectivity index (χ3v) is 17.5. The van der Waals surface area contributed by atoms with Crippen LogP contribution in [0.1, 0.15) is 267 Å². The smallest absolute Gasteiger partial charge is 0.317 e. The van der Waals surface area contributed by atoms with Gasteiger partial charge in [0.25, 0.3) is 7.82 Å². The summed E-state index contributed by atoms with van der Waals surface area (Å²) in [6, 6.07) is 3.71. The molecule has 0 saturated carbocycles. The largest absolute Gasteiger partial charge is 0.756 e. The molecule has 2 heterocycles. The number of esters is 2. The molecule has 1 aromatic carbocycles. The number of aliphatic carboxylic acids is 3. The number of carbonyl (C=O) groups excluding carboxylic acids is 2. The summed E-state index contributed by atoms with van der Waals surface area (Å²) in [5, 5.41) is 28.8. The molecule has 22 heteroatoms. The van der Waals surface area contributed by atoms with Crippen LogP contribution in [0.15, 0.2) is 21.7 Å². The Morgan fingerprint density at radius 1 is 0.494 bits per heavy atom. The molecule has 1 aromatic heterocycles. The van der Waals surface area contributed by atoms with E-state index in [1.807, 2.05) is 12.1 Å². The Kier molecular flexibility index (Phi) is 47.2. The van der Waals surface area contributed by atoms with Gasteiger partial charge in [-0.25, -0.2) is 0 Å². The molecule has 2 aromatic rings. The Morgan fingerprint density at radius 3 is 1.27 bits per heavy atom. The van der Waals surface area contributed by atoms with Gasteiger partial charge in [-0.05, 0) is 69.1 Å². The normalized spacial score (nSPS) is 14.6. The molecule has 1 unspecified atom stereocenters. The summed E-state index contributed by atoms with van der Waals surface area (Å²) >= 11 is 0. The second-order valence-electron chi connectivity index (χ2n) is 24.5. The van der Waals surface area contributed by atoms with Crippen LogP contribution < -0.4 is 15.8 Å². The Bertz CT molecular complexity index is 2340. The molecule has 0 amide bonds. The first-order chi connectivity index (χ1) is 42.5. The van der Waals surface area contributed by atoms with Crippen molar-refractivity contribution in [1.29, 1.82) is 0 Å². The first-order valence-electron chi connectivity index (χ1n) is 34.1. The Morgan fingerprint density at radius 2 is 0.854 bits per heavy atom. The van der Waals surface area contributed by atoms with Gasteiger partial charge in [0.15, 0.2) is 6.10 Å². The zero-order valence-corrected chi connectivity index (χ0v) is 56.9. The number of hydrogen-bond donors (Lipinski definition) is 3. The SMILES string of the molecule is CCCCCCCCCCCCCCCCCC(=O)OC[C@H](COP(=O)([O-])OCCCc1c(CCCCc2cc3nc(c2)CN(CC(=O)O)CCN(CC(=O)O)CCN(CC(=O)O)C3)c(=O)c1=O)OC(=O)CCCCCCCCCCCCCCCCC.[Tm]. The molecular weight excluding hydrogens is 1320 g/mol. The van der Waals surface area contributed by atoms with E-state index in [0.29, 0.717) is 61.0 Å². The number of fused-ring (bicyclic) bond motifs is 2. The van der Waals surface area contributed by atoms with Gasteiger partial charge < -0.3 is 38.7 Å². The van der Waals surface area contributed by atoms with E-state index in [0.717, 1.165) is 44.1 Å². The Balaban J connectivity index is 0.0000270. The summed E-state index contributed by atoms with van der Waals surface area (Å²) in [6.07, 6.45) is 37.1. The summed E-state index contributed by atoms with van der Waals surface area (Å²) in [4.78, 5) is 109. The third-order valence-electron chi connectivity index (χ3n) is 16.5. The molecule has 0 fully saturated rings. The number of aryl methyl sites for hydroxylation is 1. The summed E-state index contributed by atoms with van der Waals surface area (Å²) in [5.41, 5.74) is 1.49. The quantitative estimate of drug-likeness (QED) is 0.0240. The van der Waals surface area contributed by atoms with Gasteiger partial charge >= 0.3 is 29.8 Å². The molecule has 1 aliphatic rings. The molecule has 0 saturated heterocycles. The van der Waals surface area contributed by atoms with Crippen molar-refractivity contribution in [2.45, 2.75) is 277 Å². The fourth-order valence-corrected chi connectivity index (χ4v) is 12.3. The molecule has 3 rings (SSSR count). The molecule has 2 bridgehead atoms. The monoisotopic (exact) mass is 1430 g/mol. The van der Waals surface area contributed by atoms with Gasteiger partial charge in [0.05, 0.1) is 44.2 Å². The van der Waals surface area contributed by atoms with Gasteiger partial charge in [0.2, 0.25) is 10.9 Å². The number of carboxylic acid groups (broad SMARTS) is 3. The fraction of sp³-hybridized carbons (Fsp3) is 0.791. The van der Waals surface area contributed by atoms with Gasteiger partial charge in [-0.2, -0.15) is 0 Å². The number of phosphoric acid groups is 1. The molecule has 0 spiro atoms. The molecule has 89 heavy (non-hydrogen) atoms. The first-order valence-corrected chi connectivity index (χ1v) is 35.5. The summed E-state index contributed by atoms with van der Waals surface area (Å²) in [7, 11) is -4.96. The number of aromatic nitrogens is 1. The number of pyridine rings is 1. The van der Waals surface area contributed by atoms with E-state index in [1.54, 1.807) is 14.7 Å². The molecular formula is C67H112N4O16PTm-. The van der Waals surface area contributed by atoms with E-state index < -0.39 is 61.2 Å². The number of unbranched alkanes of at least 4 members (excludes halogenated alkanes) is 29. The van der Waals surface area contributed by atoms with Gasteiger partial charge in [-0.15, -0.1) is 0 Å². The maximum atomic E-state index is 13.0. The minimum absolute atomic E-state index is 0. The topological polar surface area (TPSA) is 280 Å². The van der Waals surface area contributed by atoms with Crippen LogP contribution in [0, 0.1) is 36.9 Å². The van der Waals surface area contributed by atoms with Crippen molar-refractivity contribution >= 4 is 37.7 Å². The third kappa shape index (κ3) is 41.2. The van der Waals surface area contributed by atoms with E-state index in [1.165, 1.54) is 141 Å². The first kappa shape index (κ1) is 81.9. The maximum Gasteiger partial charge on any atom is 0.317 e. The minimum atomic E-state index is -4.96. The van der Waals surface area contributed by atoms with Crippen molar-refractivity contribution in [3.63, 3.8) is 0 Å². The number of ether oxygens (including phenoxy) is 2. The van der Waals surface area contributed by atoms with Gasteiger partial charge in [-0.1, -0.05) is 194 Å². The number of carbonyl (C=O) groups is 5. The van der Waals surface area contributed by atoms with E-state index in [2.05, 4.69) is 13.8 Å². The van der Waals surface area contributed by atoms with Gasteiger partial charge in [-0.3, -0.25) is 57.8 Å². The van der Waals surface area contributed by atoms with Crippen LogP contribution in [0.25, 0.3) is 0 Å². The molecule has 3 N–H and O–H groups in total. The van der Waals surface area contributed by atoms with Crippen molar-refractivity contribution in [2.75, 3.05) is 65.6 Å². The molecule has 20 nitrogen and oxygen atoms in total. The van der Waals surface area contributed by atoms with E-state index >= 15 is 0 Å². The van der Waals surface area contributed by atoms with Crippen molar-refractivity contribution in [2.24, 2.45) is 0 Å². The van der Waals surface area contributed by atoms with Crippen LogP contribution in [-0.2, 0) is 79.4 Å². The molecule has 0 aliphatic carbocycles. The van der Waals surface area contributed by atoms with Crippen LogP contribution in [-0.4, -0.2) is 137 Å². The summed E-state index contributed by atoms with van der Waals surface area (Å²) in [6.45, 7) is 3.52. The van der Waals surface area contributed by atoms with Crippen molar-refractivity contribution in [1.82, 2.24) is 19.7 Å². The number of rotatable bonds is 54. The number of phosphoric ester groups is 1. The molecule has 515 valence electrons. The fourth-order valence-electron chi connectivity index (χ4n) is 11.5. The zero-order chi connectivity index (χ0) is 64.0. The number of hydrogen-bond acceptors (Lipinski definition) is 17.